The summed E-state index contributed by atoms with van der Waals surface area (Å²) in [6.07, 6.45) is 2.75. The average molecular weight is 371 g/mol. The summed E-state index contributed by atoms with van der Waals surface area (Å²) in [5.41, 5.74) is 0.526. The van der Waals surface area contributed by atoms with Crippen LogP contribution in [-0.4, -0.2) is 37.4 Å². The molecule has 3 atom stereocenters. The van der Waals surface area contributed by atoms with Crippen LogP contribution < -0.4 is 10.1 Å². The largest absolute Gasteiger partial charge is 0.457 e. The van der Waals surface area contributed by atoms with Crippen LogP contribution in [-0.2, 0) is 9.47 Å². The van der Waals surface area contributed by atoms with E-state index in [-0.39, 0.29) is 30.0 Å². The van der Waals surface area contributed by atoms with Crippen molar-refractivity contribution in [3.05, 3.63) is 59.9 Å². The molecule has 2 fully saturated rings. The Kier molecular flexibility index (Phi) is 5.36. The SMILES string of the molecule is O=C(N[C@@H]1CC[C@@H]2OCCO[C@H]2C1)c1cccc(Oc2ccc(F)cc2)c1. The molecule has 5 nitrogen and oxygen atoms in total. The maximum Gasteiger partial charge on any atom is 0.251 e. The van der Waals surface area contributed by atoms with Gasteiger partial charge in [-0.05, 0) is 61.7 Å². The summed E-state index contributed by atoms with van der Waals surface area (Å²) in [6, 6.07) is 12.8. The minimum absolute atomic E-state index is 0.0611. The van der Waals surface area contributed by atoms with Gasteiger partial charge in [0.15, 0.2) is 0 Å². The summed E-state index contributed by atoms with van der Waals surface area (Å²) in [5, 5.41) is 3.09. The van der Waals surface area contributed by atoms with Crippen LogP contribution in [0.2, 0.25) is 0 Å². The maximum absolute atomic E-state index is 13.0. The Balaban J connectivity index is 1.38. The van der Waals surface area contributed by atoms with Crippen LogP contribution in [0.5, 0.6) is 11.5 Å². The number of halogens is 1. The van der Waals surface area contributed by atoms with Gasteiger partial charge in [0.05, 0.1) is 25.4 Å². The van der Waals surface area contributed by atoms with Crippen LogP contribution in [0, 0.1) is 5.82 Å². The molecule has 6 heteroatoms. The van der Waals surface area contributed by atoms with E-state index in [1.165, 1.54) is 12.1 Å². The van der Waals surface area contributed by atoms with E-state index < -0.39 is 0 Å². The second-order valence-corrected chi connectivity index (χ2v) is 6.89. The van der Waals surface area contributed by atoms with Crippen LogP contribution in [0.1, 0.15) is 29.6 Å². The number of hydrogen-bond donors (Lipinski definition) is 1. The molecule has 0 radical (unpaired) electrons. The molecule has 1 amide bonds. The molecule has 4 rings (SSSR count). The molecule has 27 heavy (non-hydrogen) atoms. The zero-order valence-corrected chi connectivity index (χ0v) is 14.9. The normalized spacial score (nSPS) is 24.7. The van der Waals surface area contributed by atoms with Gasteiger partial charge in [0.2, 0.25) is 0 Å². The third kappa shape index (κ3) is 4.46. The first-order valence-corrected chi connectivity index (χ1v) is 9.25. The van der Waals surface area contributed by atoms with Gasteiger partial charge in [0.25, 0.3) is 5.91 Å². The quantitative estimate of drug-likeness (QED) is 0.891. The van der Waals surface area contributed by atoms with E-state index in [0.29, 0.717) is 30.3 Å². The van der Waals surface area contributed by atoms with Gasteiger partial charge in [-0.15, -0.1) is 0 Å². The number of amides is 1. The highest BCUT2D eigenvalue weighted by atomic mass is 19.1. The molecule has 2 aliphatic rings. The molecule has 1 aliphatic carbocycles. The van der Waals surface area contributed by atoms with E-state index in [2.05, 4.69) is 5.32 Å². The lowest BCUT2D eigenvalue weighted by atomic mass is 9.89. The molecule has 2 aromatic carbocycles. The highest BCUT2D eigenvalue weighted by molar-refractivity contribution is 5.94. The van der Waals surface area contributed by atoms with Gasteiger partial charge >= 0.3 is 0 Å². The van der Waals surface area contributed by atoms with Crippen LogP contribution >= 0.6 is 0 Å². The zero-order chi connectivity index (χ0) is 18.6. The van der Waals surface area contributed by atoms with Crippen molar-refractivity contribution < 1.29 is 23.4 Å². The molecule has 1 aliphatic heterocycles. The van der Waals surface area contributed by atoms with Crippen molar-refractivity contribution in [2.75, 3.05) is 13.2 Å². The summed E-state index contributed by atoms with van der Waals surface area (Å²) in [6.45, 7) is 1.27. The van der Waals surface area contributed by atoms with Crippen LogP contribution in [0.4, 0.5) is 4.39 Å². The Morgan fingerprint density at radius 2 is 1.78 bits per heavy atom. The lowest BCUT2D eigenvalue weighted by Gasteiger charge is -2.39. The van der Waals surface area contributed by atoms with Crippen molar-refractivity contribution in [2.24, 2.45) is 0 Å². The number of rotatable bonds is 4. The Morgan fingerprint density at radius 3 is 2.59 bits per heavy atom. The minimum atomic E-state index is -0.322. The number of hydrogen-bond acceptors (Lipinski definition) is 4. The fourth-order valence-electron chi connectivity index (χ4n) is 3.61. The number of carbonyl (C=O) groups is 1. The molecule has 1 saturated carbocycles. The standard InChI is InChI=1S/C21H22FNO4/c22-15-4-7-17(8-5-15)27-18-3-1-2-14(12-18)21(24)23-16-6-9-19-20(13-16)26-11-10-25-19/h1-5,7-8,12,16,19-20H,6,9-11,13H2,(H,23,24)/t16-,19+,20+/m1/s1. The fraction of sp³-hybridized carbons (Fsp3) is 0.381. The Bertz CT molecular complexity index is 795. The predicted octanol–water partition coefficient (Wildman–Crippen LogP) is 3.68. The number of ether oxygens (including phenoxy) is 3. The number of fused-ring (bicyclic) bond motifs is 1. The van der Waals surface area contributed by atoms with Gasteiger partial charge < -0.3 is 19.5 Å². The first-order chi connectivity index (χ1) is 13.2. The monoisotopic (exact) mass is 371 g/mol. The Morgan fingerprint density at radius 1 is 1.00 bits per heavy atom. The third-order valence-electron chi connectivity index (χ3n) is 4.96. The van der Waals surface area contributed by atoms with Crippen LogP contribution in [0.3, 0.4) is 0 Å². The van der Waals surface area contributed by atoms with E-state index >= 15 is 0 Å². The second kappa shape index (κ2) is 8.06. The van der Waals surface area contributed by atoms with Crippen molar-refractivity contribution in [2.45, 2.75) is 37.5 Å². The maximum atomic E-state index is 13.0. The van der Waals surface area contributed by atoms with E-state index in [1.807, 2.05) is 0 Å². The number of carbonyl (C=O) groups excluding carboxylic acids is 1. The first-order valence-electron chi connectivity index (χ1n) is 9.25. The Hall–Kier alpha value is -2.44. The molecule has 0 spiro atoms. The summed E-state index contributed by atoms with van der Waals surface area (Å²) in [7, 11) is 0. The van der Waals surface area contributed by atoms with Gasteiger partial charge in [-0.1, -0.05) is 6.07 Å². The van der Waals surface area contributed by atoms with Gasteiger partial charge in [0, 0.05) is 11.6 Å². The summed E-state index contributed by atoms with van der Waals surface area (Å²) in [5.74, 6) is 0.584. The molecule has 1 N–H and O–H groups in total. The van der Waals surface area contributed by atoms with E-state index in [9.17, 15) is 9.18 Å². The zero-order valence-electron chi connectivity index (χ0n) is 14.9. The molecule has 0 unspecified atom stereocenters. The van der Waals surface area contributed by atoms with Crippen molar-refractivity contribution in [3.63, 3.8) is 0 Å². The highest BCUT2D eigenvalue weighted by Crippen LogP contribution is 2.27. The summed E-state index contributed by atoms with van der Waals surface area (Å²) in [4.78, 5) is 12.6. The minimum Gasteiger partial charge on any atom is -0.457 e. The second-order valence-electron chi connectivity index (χ2n) is 6.89. The topological polar surface area (TPSA) is 56.8 Å². The number of nitrogens with one attached hydrogen (secondary N) is 1. The van der Waals surface area contributed by atoms with Crippen molar-refractivity contribution >= 4 is 5.91 Å². The third-order valence-corrected chi connectivity index (χ3v) is 4.96. The van der Waals surface area contributed by atoms with Crippen LogP contribution in [0.25, 0.3) is 0 Å². The van der Waals surface area contributed by atoms with Crippen molar-refractivity contribution in [1.82, 2.24) is 5.32 Å². The average Bonchev–Trinajstić information content (AvgIpc) is 2.70. The molecule has 142 valence electrons. The Labute approximate surface area is 157 Å². The number of benzene rings is 2. The molecule has 0 bridgehead atoms. The van der Waals surface area contributed by atoms with Gasteiger partial charge in [-0.25, -0.2) is 4.39 Å². The van der Waals surface area contributed by atoms with Gasteiger partial charge in [-0.3, -0.25) is 4.79 Å². The summed E-state index contributed by atoms with van der Waals surface area (Å²) < 4.78 is 30.2. The van der Waals surface area contributed by atoms with Crippen molar-refractivity contribution in [1.29, 1.82) is 0 Å². The molecular formula is C21H22FNO4. The highest BCUT2D eigenvalue weighted by Gasteiger charge is 2.34. The molecular weight excluding hydrogens is 349 g/mol. The predicted molar refractivity (Wildman–Crippen MR) is 97.5 cm³/mol. The van der Waals surface area contributed by atoms with E-state index in [0.717, 1.165) is 19.3 Å². The lowest BCUT2D eigenvalue weighted by Crippen LogP contribution is -2.49. The smallest absolute Gasteiger partial charge is 0.251 e. The van der Waals surface area contributed by atoms with Crippen molar-refractivity contribution in [3.8, 4) is 11.5 Å². The molecule has 1 heterocycles. The van der Waals surface area contributed by atoms with Gasteiger partial charge in [-0.2, -0.15) is 0 Å². The summed E-state index contributed by atoms with van der Waals surface area (Å²) >= 11 is 0. The van der Waals surface area contributed by atoms with E-state index in [4.69, 9.17) is 14.2 Å². The van der Waals surface area contributed by atoms with Gasteiger partial charge in [0.1, 0.15) is 17.3 Å². The fourth-order valence-corrected chi connectivity index (χ4v) is 3.61. The molecule has 2 aromatic rings. The van der Waals surface area contributed by atoms with E-state index in [1.54, 1.807) is 36.4 Å². The molecule has 1 saturated heterocycles. The lowest BCUT2D eigenvalue weighted by molar-refractivity contribution is -0.157. The van der Waals surface area contributed by atoms with Crippen LogP contribution in [0.15, 0.2) is 48.5 Å². The molecule has 0 aromatic heterocycles. The first kappa shape index (κ1) is 17.9.